The molecular formula is C7H10N4. The zero-order valence-corrected chi connectivity index (χ0v) is 6.20. The molecule has 0 saturated heterocycles. The van der Waals surface area contributed by atoms with Crippen molar-refractivity contribution < 1.29 is 0 Å². The van der Waals surface area contributed by atoms with Crippen LogP contribution in [0.15, 0.2) is 23.5 Å². The predicted molar refractivity (Wildman–Crippen MR) is 42.5 cm³/mol. The largest absolute Gasteiger partial charge is 0.370 e. The molecule has 0 spiro atoms. The summed E-state index contributed by atoms with van der Waals surface area (Å²) < 4.78 is 1.86. The van der Waals surface area contributed by atoms with Crippen molar-refractivity contribution in [2.24, 2.45) is 4.99 Å². The summed E-state index contributed by atoms with van der Waals surface area (Å²) in [4.78, 5) is 4.26. The van der Waals surface area contributed by atoms with E-state index in [1.807, 2.05) is 16.9 Å². The van der Waals surface area contributed by atoms with Gasteiger partial charge in [0.15, 0.2) is 0 Å². The van der Waals surface area contributed by atoms with Gasteiger partial charge in [0.1, 0.15) is 5.84 Å². The van der Waals surface area contributed by atoms with Crippen molar-refractivity contribution in [3.8, 4) is 0 Å². The van der Waals surface area contributed by atoms with Crippen LogP contribution < -0.4 is 5.32 Å². The second-order valence-electron chi connectivity index (χ2n) is 2.46. The summed E-state index contributed by atoms with van der Waals surface area (Å²) in [5.74, 6) is 1.04. The van der Waals surface area contributed by atoms with E-state index in [0.717, 1.165) is 25.5 Å². The second kappa shape index (κ2) is 2.74. The molecule has 4 nitrogen and oxygen atoms in total. The molecule has 0 aliphatic carbocycles. The van der Waals surface area contributed by atoms with Crippen molar-refractivity contribution in [1.29, 1.82) is 0 Å². The molecular weight excluding hydrogens is 140 g/mol. The van der Waals surface area contributed by atoms with Crippen LogP contribution >= 0.6 is 0 Å². The Morgan fingerprint density at radius 2 is 2.64 bits per heavy atom. The summed E-state index contributed by atoms with van der Waals surface area (Å²) in [6.45, 7) is 2.64. The minimum absolute atomic E-state index is 0.771. The van der Waals surface area contributed by atoms with Gasteiger partial charge in [-0.2, -0.15) is 5.10 Å². The monoisotopic (exact) mass is 150 g/mol. The molecule has 0 aromatic carbocycles. The highest BCUT2D eigenvalue weighted by Gasteiger charge is 2.04. The van der Waals surface area contributed by atoms with Gasteiger partial charge in [0, 0.05) is 18.9 Å². The Morgan fingerprint density at radius 3 is 3.27 bits per heavy atom. The smallest absolute Gasteiger partial charge is 0.118 e. The molecule has 1 N–H and O–H groups in total. The summed E-state index contributed by atoms with van der Waals surface area (Å²) in [6, 6.07) is 1.91. The van der Waals surface area contributed by atoms with Gasteiger partial charge >= 0.3 is 0 Å². The average molecular weight is 150 g/mol. The first kappa shape index (κ1) is 6.39. The molecule has 11 heavy (non-hydrogen) atoms. The number of hydrogen-bond donors (Lipinski definition) is 1. The molecule has 0 amide bonds. The molecule has 0 radical (unpaired) electrons. The molecule has 0 fully saturated rings. The Balaban J connectivity index is 2.00. The van der Waals surface area contributed by atoms with E-state index in [-0.39, 0.29) is 0 Å². The Kier molecular flexibility index (Phi) is 1.59. The SMILES string of the molecule is c1cnn(CC2=NCCN2)c1. The van der Waals surface area contributed by atoms with Gasteiger partial charge in [0.2, 0.25) is 0 Å². The van der Waals surface area contributed by atoms with E-state index in [1.54, 1.807) is 6.20 Å². The van der Waals surface area contributed by atoms with Gasteiger partial charge in [-0.1, -0.05) is 0 Å². The molecule has 1 aromatic rings. The lowest BCUT2D eigenvalue weighted by molar-refractivity contribution is 0.713. The maximum absolute atomic E-state index is 4.26. The zero-order chi connectivity index (χ0) is 7.52. The molecule has 58 valence electrons. The molecule has 0 unspecified atom stereocenters. The van der Waals surface area contributed by atoms with Crippen LogP contribution in [0.1, 0.15) is 0 Å². The number of nitrogens with zero attached hydrogens (tertiary/aromatic N) is 3. The van der Waals surface area contributed by atoms with Gasteiger partial charge in [-0.3, -0.25) is 9.67 Å². The van der Waals surface area contributed by atoms with Crippen molar-refractivity contribution in [3.63, 3.8) is 0 Å². The fourth-order valence-electron chi connectivity index (χ4n) is 1.10. The van der Waals surface area contributed by atoms with Crippen LogP contribution in [-0.4, -0.2) is 28.7 Å². The lowest BCUT2D eigenvalue weighted by Crippen LogP contribution is -2.23. The molecule has 1 aromatic heterocycles. The van der Waals surface area contributed by atoms with Crippen LogP contribution in [-0.2, 0) is 6.54 Å². The van der Waals surface area contributed by atoms with Gasteiger partial charge in [0.25, 0.3) is 0 Å². The van der Waals surface area contributed by atoms with Crippen molar-refractivity contribution in [2.75, 3.05) is 13.1 Å². The standard InChI is InChI=1S/C7H10N4/c1-2-10-11(5-1)6-7-8-3-4-9-7/h1-2,5H,3-4,6H2,(H,8,9). The Hall–Kier alpha value is -1.32. The number of amidine groups is 1. The molecule has 2 rings (SSSR count). The average Bonchev–Trinajstić information content (AvgIpc) is 2.60. The fraction of sp³-hybridized carbons (Fsp3) is 0.429. The fourth-order valence-corrected chi connectivity index (χ4v) is 1.10. The van der Waals surface area contributed by atoms with Crippen LogP contribution in [0.2, 0.25) is 0 Å². The van der Waals surface area contributed by atoms with E-state index in [9.17, 15) is 0 Å². The van der Waals surface area contributed by atoms with Gasteiger partial charge in [0.05, 0.1) is 13.1 Å². The van der Waals surface area contributed by atoms with Gasteiger partial charge < -0.3 is 5.32 Å². The molecule has 4 heteroatoms. The second-order valence-corrected chi connectivity index (χ2v) is 2.46. The van der Waals surface area contributed by atoms with E-state index >= 15 is 0 Å². The maximum Gasteiger partial charge on any atom is 0.118 e. The highest BCUT2D eigenvalue weighted by molar-refractivity contribution is 5.83. The molecule has 2 heterocycles. The molecule has 1 aliphatic heterocycles. The van der Waals surface area contributed by atoms with Gasteiger partial charge in [-0.25, -0.2) is 0 Å². The summed E-state index contributed by atoms with van der Waals surface area (Å²) >= 11 is 0. The van der Waals surface area contributed by atoms with E-state index < -0.39 is 0 Å². The van der Waals surface area contributed by atoms with Gasteiger partial charge in [-0.15, -0.1) is 0 Å². The minimum atomic E-state index is 0.771. The Morgan fingerprint density at radius 1 is 1.64 bits per heavy atom. The molecule has 1 aliphatic rings. The van der Waals surface area contributed by atoms with E-state index in [0.29, 0.717) is 0 Å². The van der Waals surface area contributed by atoms with Crippen molar-refractivity contribution in [2.45, 2.75) is 6.54 Å². The third-order valence-electron chi connectivity index (χ3n) is 1.61. The van der Waals surface area contributed by atoms with Crippen LogP contribution in [0.3, 0.4) is 0 Å². The predicted octanol–water partition coefficient (Wildman–Crippen LogP) is -0.115. The third-order valence-corrected chi connectivity index (χ3v) is 1.61. The van der Waals surface area contributed by atoms with E-state index in [4.69, 9.17) is 0 Å². The summed E-state index contributed by atoms with van der Waals surface area (Å²) in [6.07, 6.45) is 3.71. The van der Waals surface area contributed by atoms with Crippen LogP contribution in [0.25, 0.3) is 0 Å². The molecule has 0 saturated carbocycles. The van der Waals surface area contributed by atoms with Crippen LogP contribution in [0.5, 0.6) is 0 Å². The highest BCUT2D eigenvalue weighted by atomic mass is 15.3. The first-order chi connectivity index (χ1) is 5.45. The Labute approximate surface area is 64.9 Å². The Bertz CT molecular complexity index is 249. The zero-order valence-electron chi connectivity index (χ0n) is 6.20. The lowest BCUT2D eigenvalue weighted by Gasteiger charge is -2.00. The quantitative estimate of drug-likeness (QED) is 0.639. The maximum atomic E-state index is 4.26. The number of aliphatic imine (C=N–C) groups is 1. The number of nitrogens with one attached hydrogen (secondary N) is 1. The topological polar surface area (TPSA) is 42.2 Å². The lowest BCUT2D eigenvalue weighted by atomic mass is 10.6. The van der Waals surface area contributed by atoms with Crippen molar-refractivity contribution in [3.05, 3.63) is 18.5 Å². The van der Waals surface area contributed by atoms with Crippen LogP contribution in [0, 0.1) is 0 Å². The summed E-state index contributed by atoms with van der Waals surface area (Å²) in [5, 5.41) is 7.26. The number of aromatic nitrogens is 2. The van der Waals surface area contributed by atoms with Crippen LogP contribution in [0.4, 0.5) is 0 Å². The van der Waals surface area contributed by atoms with Gasteiger partial charge in [-0.05, 0) is 6.07 Å². The van der Waals surface area contributed by atoms with E-state index in [1.165, 1.54) is 0 Å². The highest BCUT2D eigenvalue weighted by Crippen LogP contribution is 1.90. The first-order valence-corrected chi connectivity index (χ1v) is 3.70. The summed E-state index contributed by atoms with van der Waals surface area (Å²) in [7, 11) is 0. The minimum Gasteiger partial charge on any atom is -0.370 e. The molecule has 0 atom stereocenters. The first-order valence-electron chi connectivity index (χ1n) is 3.70. The summed E-state index contributed by atoms with van der Waals surface area (Å²) in [5.41, 5.74) is 0. The van der Waals surface area contributed by atoms with E-state index in [2.05, 4.69) is 15.4 Å². The number of rotatable bonds is 2. The molecule has 0 bridgehead atoms. The normalized spacial score (nSPS) is 16.2. The van der Waals surface area contributed by atoms with Crippen molar-refractivity contribution in [1.82, 2.24) is 15.1 Å². The van der Waals surface area contributed by atoms with Crippen molar-refractivity contribution >= 4 is 5.84 Å². The third kappa shape index (κ3) is 1.39. The number of hydrogen-bond acceptors (Lipinski definition) is 3.